The fraction of sp³-hybridized carbons (Fsp3) is 0.125. The Balaban J connectivity index is 3.62. The Morgan fingerprint density at radius 2 is 2.00 bits per heavy atom. The fourth-order valence-corrected chi connectivity index (χ4v) is 1.53. The molecule has 0 amide bonds. The van der Waals surface area contributed by atoms with Crippen LogP contribution in [0.5, 0.6) is 0 Å². The smallest absolute Gasteiger partial charge is 0.346 e. The van der Waals surface area contributed by atoms with Crippen molar-refractivity contribution in [1.29, 1.82) is 0 Å². The molecule has 3 heteroatoms. The third-order valence-electron chi connectivity index (χ3n) is 2.44. The van der Waals surface area contributed by atoms with E-state index in [9.17, 15) is 4.79 Å². The fourth-order valence-electron chi connectivity index (χ4n) is 1.53. The van der Waals surface area contributed by atoms with Gasteiger partial charge in [0.05, 0.1) is 10.6 Å². The van der Waals surface area contributed by atoms with Gasteiger partial charge in [0, 0.05) is 5.57 Å². The van der Waals surface area contributed by atoms with Crippen LogP contribution in [0.15, 0.2) is 52.7 Å². The number of allylic oxidation sites excluding steroid dienone is 6. The van der Waals surface area contributed by atoms with Crippen molar-refractivity contribution in [3.8, 4) is 0 Å². The van der Waals surface area contributed by atoms with Crippen LogP contribution < -0.4 is 16.2 Å². The third kappa shape index (κ3) is 3.52. The first-order chi connectivity index (χ1) is 9.17. The Morgan fingerprint density at radius 1 is 1.26 bits per heavy atom. The molecule has 0 atom stereocenters. The number of nitrogens with zero attached hydrogens (tertiary/aromatic N) is 1. The van der Waals surface area contributed by atoms with Crippen LogP contribution in [0.4, 0.5) is 0 Å². The standard InChI is InChI=1S/C16H17NO2/c1-5-9-11-12(7-3)15-17-14(10-6-2)13(8-4)16(18)19-15/h5-11H,1-2H2,3-4H3/b11-9-,12-7+,13-8+,14-10+. The van der Waals surface area contributed by atoms with Crippen molar-refractivity contribution in [3.63, 3.8) is 0 Å². The van der Waals surface area contributed by atoms with Gasteiger partial charge in [0.25, 0.3) is 0 Å². The van der Waals surface area contributed by atoms with Crippen molar-refractivity contribution in [2.45, 2.75) is 13.8 Å². The average molecular weight is 255 g/mol. The van der Waals surface area contributed by atoms with Gasteiger partial charge in [0.15, 0.2) is 0 Å². The molecule has 1 aromatic heterocycles. The molecule has 1 heterocycles. The Bertz CT molecular complexity index is 703. The van der Waals surface area contributed by atoms with E-state index in [-0.39, 0.29) is 5.89 Å². The SMILES string of the molecule is C=C/C=C\C(=C/C)c1nc(=C/C=C)/c(=C\C)c(=O)o1. The van der Waals surface area contributed by atoms with Crippen LogP contribution in [0.1, 0.15) is 19.7 Å². The Morgan fingerprint density at radius 3 is 2.53 bits per heavy atom. The lowest BCUT2D eigenvalue weighted by molar-refractivity contribution is 0.467. The molecule has 0 saturated heterocycles. The maximum Gasteiger partial charge on any atom is 0.346 e. The summed E-state index contributed by atoms with van der Waals surface area (Å²) in [6, 6.07) is 0. The van der Waals surface area contributed by atoms with Crippen LogP contribution in [0.3, 0.4) is 0 Å². The van der Waals surface area contributed by atoms with E-state index in [1.165, 1.54) is 0 Å². The third-order valence-corrected chi connectivity index (χ3v) is 2.44. The number of rotatable bonds is 4. The molecule has 0 aromatic carbocycles. The molecule has 0 aliphatic heterocycles. The second kappa shape index (κ2) is 7.11. The van der Waals surface area contributed by atoms with Crippen LogP contribution in [-0.4, -0.2) is 4.98 Å². The molecule has 1 aromatic rings. The maximum absolute atomic E-state index is 11.9. The first-order valence-electron chi connectivity index (χ1n) is 5.94. The molecular weight excluding hydrogens is 238 g/mol. The zero-order valence-corrected chi connectivity index (χ0v) is 11.2. The Labute approximate surface area is 112 Å². The van der Waals surface area contributed by atoms with Gasteiger partial charge in [-0.25, -0.2) is 9.78 Å². The molecule has 3 nitrogen and oxygen atoms in total. The van der Waals surface area contributed by atoms with E-state index in [1.54, 1.807) is 43.4 Å². The lowest BCUT2D eigenvalue weighted by atomic mass is 10.2. The Kier molecular flexibility index (Phi) is 5.48. The van der Waals surface area contributed by atoms with Crippen LogP contribution in [0.2, 0.25) is 0 Å². The average Bonchev–Trinajstić information content (AvgIpc) is 2.40. The van der Waals surface area contributed by atoms with Gasteiger partial charge in [-0.2, -0.15) is 0 Å². The minimum absolute atomic E-state index is 0.282. The molecule has 0 aliphatic rings. The summed E-state index contributed by atoms with van der Waals surface area (Å²) in [7, 11) is 0. The van der Waals surface area contributed by atoms with Crippen molar-refractivity contribution in [2.24, 2.45) is 0 Å². The summed E-state index contributed by atoms with van der Waals surface area (Å²) in [5.41, 5.74) is 0.310. The first-order valence-corrected chi connectivity index (χ1v) is 5.94. The van der Waals surface area contributed by atoms with Gasteiger partial charge < -0.3 is 4.42 Å². The van der Waals surface area contributed by atoms with Gasteiger partial charge in [-0.15, -0.1) is 0 Å². The molecule has 0 aliphatic carbocycles. The van der Waals surface area contributed by atoms with Crippen molar-refractivity contribution < 1.29 is 4.42 Å². The second-order valence-corrected chi connectivity index (χ2v) is 3.64. The molecular formula is C16H17NO2. The van der Waals surface area contributed by atoms with Gasteiger partial charge in [0.1, 0.15) is 0 Å². The normalized spacial score (nSPS) is 14.1. The van der Waals surface area contributed by atoms with E-state index in [1.807, 2.05) is 13.0 Å². The van der Waals surface area contributed by atoms with E-state index in [0.29, 0.717) is 10.6 Å². The molecule has 1 rings (SSSR count). The van der Waals surface area contributed by atoms with E-state index < -0.39 is 5.63 Å². The minimum atomic E-state index is -0.410. The van der Waals surface area contributed by atoms with Crippen molar-refractivity contribution in [1.82, 2.24) is 4.98 Å². The summed E-state index contributed by atoms with van der Waals surface area (Å²) in [6.07, 6.45) is 11.9. The zero-order valence-electron chi connectivity index (χ0n) is 11.2. The lowest BCUT2D eigenvalue weighted by Crippen LogP contribution is -2.41. The molecule has 0 N–H and O–H groups in total. The zero-order chi connectivity index (χ0) is 14.3. The molecule has 0 spiro atoms. The monoisotopic (exact) mass is 255 g/mol. The minimum Gasteiger partial charge on any atom is -0.403 e. The van der Waals surface area contributed by atoms with Crippen LogP contribution in [-0.2, 0) is 0 Å². The highest BCUT2D eigenvalue weighted by Gasteiger charge is 2.05. The predicted molar refractivity (Wildman–Crippen MR) is 79.8 cm³/mol. The van der Waals surface area contributed by atoms with Crippen LogP contribution >= 0.6 is 0 Å². The highest BCUT2D eigenvalue weighted by atomic mass is 16.4. The van der Waals surface area contributed by atoms with Gasteiger partial charge in [0.2, 0.25) is 5.89 Å². The molecule has 0 fully saturated rings. The van der Waals surface area contributed by atoms with Crippen LogP contribution in [0.25, 0.3) is 17.7 Å². The van der Waals surface area contributed by atoms with Gasteiger partial charge >= 0.3 is 5.63 Å². The van der Waals surface area contributed by atoms with E-state index in [4.69, 9.17) is 4.42 Å². The van der Waals surface area contributed by atoms with Gasteiger partial charge in [-0.3, -0.25) is 0 Å². The highest BCUT2D eigenvalue weighted by Crippen LogP contribution is 2.09. The maximum atomic E-state index is 11.9. The number of hydrogen-bond acceptors (Lipinski definition) is 3. The van der Waals surface area contributed by atoms with E-state index in [2.05, 4.69) is 18.1 Å². The topological polar surface area (TPSA) is 43.1 Å². The first kappa shape index (κ1) is 14.6. The van der Waals surface area contributed by atoms with E-state index >= 15 is 0 Å². The van der Waals surface area contributed by atoms with Crippen molar-refractivity contribution in [3.05, 3.63) is 70.4 Å². The van der Waals surface area contributed by atoms with E-state index in [0.717, 1.165) is 5.57 Å². The second-order valence-electron chi connectivity index (χ2n) is 3.64. The largest absolute Gasteiger partial charge is 0.403 e. The molecule has 19 heavy (non-hydrogen) atoms. The van der Waals surface area contributed by atoms with Gasteiger partial charge in [-0.1, -0.05) is 43.5 Å². The highest BCUT2D eigenvalue weighted by molar-refractivity contribution is 5.68. The summed E-state index contributed by atoms with van der Waals surface area (Å²) in [5.74, 6) is 0.282. The summed E-state index contributed by atoms with van der Waals surface area (Å²) >= 11 is 0. The summed E-state index contributed by atoms with van der Waals surface area (Å²) in [5, 5.41) is 0.988. The summed E-state index contributed by atoms with van der Waals surface area (Å²) < 4.78 is 5.23. The summed E-state index contributed by atoms with van der Waals surface area (Å²) in [4.78, 5) is 16.2. The van der Waals surface area contributed by atoms with Crippen molar-refractivity contribution >= 4 is 17.7 Å². The number of aromatic nitrogens is 1. The Hall–Kier alpha value is -2.42. The summed E-state index contributed by atoms with van der Waals surface area (Å²) in [6.45, 7) is 10.8. The van der Waals surface area contributed by atoms with Crippen LogP contribution in [0, 0.1) is 0 Å². The lowest BCUT2D eigenvalue weighted by Gasteiger charge is -1.99. The van der Waals surface area contributed by atoms with Crippen molar-refractivity contribution in [2.75, 3.05) is 0 Å². The number of hydrogen-bond donors (Lipinski definition) is 0. The predicted octanol–water partition coefficient (Wildman–Crippen LogP) is 1.95. The molecule has 0 radical (unpaired) electrons. The van der Waals surface area contributed by atoms with Gasteiger partial charge in [-0.05, 0) is 26.0 Å². The molecule has 0 unspecified atom stereocenters. The quantitative estimate of drug-likeness (QED) is 0.772. The molecule has 98 valence electrons. The molecule has 0 bridgehead atoms. The molecule has 0 saturated carbocycles.